The molecule has 0 aliphatic heterocycles. The average Bonchev–Trinajstić information content (AvgIpc) is 2.94. The molecule has 0 saturated heterocycles. The summed E-state index contributed by atoms with van der Waals surface area (Å²) in [6.45, 7) is 5.19. The zero-order chi connectivity index (χ0) is 29.8. The number of likely N-dealkylation sites (N-methyl/N-ethyl adjacent to an activating group) is 2. The fourth-order valence-corrected chi connectivity index (χ4v) is 4.41. The van der Waals surface area contributed by atoms with E-state index >= 15 is 0 Å². The largest absolute Gasteiger partial charge is 0.369 e. The zero-order valence-electron chi connectivity index (χ0n) is 24.7. The summed E-state index contributed by atoms with van der Waals surface area (Å²) in [6.07, 6.45) is 9.40. The summed E-state index contributed by atoms with van der Waals surface area (Å²) in [6, 6.07) is 5.55. The van der Waals surface area contributed by atoms with Crippen molar-refractivity contribution in [1.29, 1.82) is 0 Å². The van der Waals surface area contributed by atoms with Crippen LogP contribution in [0.3, 0.4) is 0 Å². The van der Waals surface area contributed by atoms with E-state index in [2.05, 4.69) is 44.7 Å². The summed E-state index contributed by atoms with van der Waals surface area (Å²) in [5, 5.41) is 9.47. The second-order valence-electron chi connectivity index (χ2n) is 10.6. The Kier molecular flexibility index (Phi) is 12.1. The van der Waals surface area contributed by atoms with Crippen LogP contribution in [-0.4, -0.2) is 77.9 Å². The van der Waals surface area contributed by atoms with E-state index in [1.807, 2.05) is 19.0 Å². The lowest BCUT2D eigenvalue weighted by Gasteiger charge is -2.30. The molecule has 41 heavy (non-hydrogen) atoms. The van der Waals surface area contributed by atoms with Crippen LogP contribution in [0.5, 0.6) is 0 Å². The fraction of sp³-hybridized carbons (Fsp3) is 0.484. The number of aromatic nitrogens is 2. The van der Waals surface area contributed by atoms with Crippen molar-refractivity contribution in [1.82, 2.24) is 25.1 Å². The Morgan fingerprint density at radius 3 is 2.78 bits per heavy atom. The lowest BCUT2D eigenvalue weighted by Crippen LogP contribution is -2.49. The summed E-state index contributed by atoms with van der Waals surface area (Å²) >= 11 is 0. The first-order valence-electron chi connectivity index (χ1n) is 14.2. The van der Waals surface area contributed by atoms with Gasteiger partial charge in [0.15, 0.2) is 0 Å². The topological polar surface area (TPSA) is 102 Å². The lowest BCUT2D eigenvalue weighted by molar-refractivity contribution is -0.135. The van der Waals surface area contributed by atoms with Crippen molar-refractivity contribution >= 4 is 29.3 Å². The third-order valence-corrected chi connectivity index (χ3v) is 6.88. The van der Waals surface area contributed by atoms with Gasteiger partial charge in [-0.3, -0.25) is 9.59 Å². The molecule has 2 amide bonds. The van der Waals surface area contributed by atoms with Crippen LogP contribution in [-0.2, 0) is 9.59 Å². The van der Waals surface area contributed by atoms with Crippen LogP contribution in [0.15, 0.2) is 42.6 Å². The zero-order valence-corrected chi connectivity index (χ0v) is 24.7. The van der Waals surface area contributed by atoms with E-state index in [1.54, 1.807) is 38.4 Å². The number of amides is 2. The highest BCUT2D eigenvalue weighted by molar-refractivity contribution is 5.92. The van der Waals surface area contributed by atoms with Gasteiger partial charge in [0, 0.05) is 43.9 Å². The molecule has 1 aromatic heterocycles. The predicted molar refractivity (Wildman–Crippen MR) is 161 cm³/mol. The minimum Gasteiger partial charge on any atom is -0.369 e. The first-order valence-corrected chi connectivity index (χ1v) is 14.2. The van der Waals surface area contributed by atoms with Crippen LogP contribution < -0.4 is 16.0 Å². The Bertz CT molecular complexity index is 1270. The van der Waals surface area contributed by atoms with Gasteiger partial charge in [0.1, 0.15) is 17.7 Å². The Balaban J connectivity index is 1.62. The first kappa shape index (κ1) is 31.6. The summed E-state index contributed by atoms with van der Waals surface area (Å²) in [7, 11) is 5.50. The highest BCUT2D eigenvalue weighted by Gasteiger charge is 2.26. The molecule has 0 spiro atoms. The molecule has 2 aromatic rings. The number of hydrogen-bond acceptors (Lipinski definition) is 7. The van der Waals surface area contributed by atoms with Gasteiger partial charge in [0.05, 0.1) is 11.8 Å². The summed E-state index contributed by atoms with van der Waals surface area (Å²) in [5.74, 6) is 6.99. The molecule has 1 heterocycles. The third kappa shape index (κ3) is 10.2. The summed E-state index contributed by atoms with van der Waals surface area (Å²) < 4.78 is 13.6. The van der Waals surface area contributed by atoms with Crippen molar-refractivity contribution < 1.29 is 14.0 Å². The number of hydrogen-bond donors (Lipinski definition) is 3. The van der Waals surface area contributed by atoms with Crippen LogP contribution in [0.4, 0.5) is 21.8 Å². The molecule has 0 radical (unpaired) electrons. The van der Waals surface area contributed by atoms with E-state index in [1.165, 1.54) is 23.1 Å². The quantitative estimate of drug-likeness (QED) is 0.279. The van der Waals surface area contributed by atoms with Gasteiger partial charge in [-0.25, -0.2) is 9.37 Å². The molecule has 1 fully saturated rings. The van der Waals surface area contributed by atoms with Gasteiger partial charge in [-0.1, -0.05) is 37.3 Å². The van der Waals surface area contributed by atoms with Gasteiger partial charge in [-0.2, -0.15) is 4.98 Å². The van der Waals surface area contributed by atoms with Crippen LogP contribution in [0.25, 0.3) is 0 Å². The molecule has 10 heteroatoms. The Hall–Kier alpha value is -3.97. The minimum atomic E-state index is -0.582. The molecule has 1 aromatic carbocycles. The smallest absolute Gasteiger partial charge is 0.246 e. The summed E-state index contributed by atoms with van der Waals surface area (Å²) in [5.41, 5.74) is 1.25. The number of halogens is 1. The monoisotopic (exact) mass is 563 g/mol. The van der Waals surface area contributed by atoms with Gasteiger partial charge in [-0.05, 0) is 64.9 Å². The number of carbonyl (C=O) groups is 2. The maximum Gasteiger partial charge on any atom is 0.246 e. The highest BCUT2D eigenvalue weighted by atomic mass is 19.1. The SMILES string of the molecule is CCCNc1nc(Nc2cccc(F)c2)ncc1C#C[C@@H]1CCC[C@H](NC(=O)[C@H](C)N(C)C(=O)/C=C/CN(C)C)C1. The van der Waals surface area contributed by atoms with E-state index < -0.39 is 6.04 Å². The number of nitrogens with one attached hydrogen (secondary N) is 3. The fourth-order valence-electron chi connectivity index (χ4n) is 4.41. The maximum absolute atomic E-state index is 13.6. The molecule has 1 saturated carbocycles. The average molecular weight is 564 g/mol. The molecule has 9 nitrogen and oxygen atoms in total. The molecular formula is C31H42FN7O2. The highest BCUT2D eigenvalue weighted by Crippen LogP contribution is 2.25. The van der Waals surface area contributed by atoms with Crippen LogP contribution in [0.1, 0.15) is 51.5 Å². The molecule has 3 rings (SSSR count). The molecule has 0 unspecified atom stereocenters. The molecular weight excluding hydrogens is 521 g/mol. The number of anilines is 3. The number of rotatable bonds is 11. The molecule has 220 valence electrons. The van der Waals surface area contributed by atoms with E-state index in [0.29, 0.717) is 29.6 Å². The minimum absolute atomic E-state index is 0.00225. The van der Waals surface area contributed by atoms with Crippen LogP contribution >= 0.6 is 0 Å². The van der Waals surface area contributed by atoms with Crippen molar-refractivity contribution in [3.8, 4) is 11.8 Å². The molecule has 0 bridgehead atoms. The van der Waals surface area contributed by atoms with Crippen molar-refractivity contribution in [2.24, 2.45) is 5.92 Å². The Morgan fingerprint density at radius 2 is 2.05 bits per heavy atom. The standard InChI is InChI=1S/C31H42FN7O2/c1-6-17-33-29-24(21-34-31(37-29)36-27-13-8-11-25(32)20-27)16-15-23-10-7-12-26(19-23)35-30(41)22(2)39(5)28(40)14-9-18-38(3)4/h8-9,11,13-14,20-23,26H,6-7,10,12,17-19H2,1-5H3,(H,35,41)(H2,33,34,36,37)/b14-9+/t22-,23-,26-/m0/s1. The van der Waals surface area contributed by atoms with E-state index in [9.17, 15) is 14.0 Å². The number of benzene rings is 1. The van der Waals surface area contributed by atoms with Crippen LogP contribution in [0.2, 0.25) is 0 Å². The van der Waals surface area contributed by atoms with E-state index in [-0.39, 0.29) is 29.6 Å². The normalized spacial score (nSPS) is 17.4. The van der Waals surface area contributed by atoms with Gasteiger partial charge in [-0.15, -0.1) is 0 Å². The van der Waals surface area contributed by atoms with Gasteiger partial charge < -0.3 is 25.8 Å². The lowest BCUT2D eigenvalue weighted by atomic mass is 9.86. The van der Waals surface area contributed by atoms with E-state index in [4.69, 9.17) is 0 Å². The molecule has 1 aliphatic carbocycles. The molecule has 3 atom stereocenters. The molecule has 1 aliphatic rings. The summed E-state index contributed by atoms with van der Waals surface area (Å²) in [4.78, 5) is 37.7. The van der Waals surface area contributed by atoms with Gasteiger partial charge in [0.2, 0.25) is 17.8 Å². The second-order valence-corrected chi connectivity index (χ2v) is 10.6. The Morgan fingerprint density at radius 1 is 1.24 bits per heavy atom. The predicted octanol–water partition coefficient (Wildman–Crippen LogP) is 4.17. The second kappa shape index (κ2) is 15.7. The van der Waals surface area contributed by atoms with Crippen molar-refractivity contribution in [3.63, 3.8) is 0 Å². The van der Waals surface area contributed by atoms with Crippen LogP contribution in [0, 0.1) is 23.6 Å². The van der Waals surface area contributed by atoms with Crippen molar-refractivity contribution in [2.75, 3.05) is 44.9 Å². The Labute approximate surface area is 243 Å². The van der Waals surface area contributed by atoms with E-state index in [0.717, 1.165) is 38.6 Å². The van der Waals surface area contributed by atoms with Crippen molar-refractivity contribution in [3.05, 3.63) is 54.0 Å². The third-order valence-electron chi connectivity index (χ3n) is 6.88. The maximum atomic E-state index is 13.6. The number of carbonyl (C=O) groups excluding carboxylic acids is 2. The van der Waals surface area contributed by atoms with Crippen molar-refractivity contribution in [2.45, 2.75) is 58.0 Å². The van der Waals surface area contributed by atoms with Gasteiger partial charge in [0.25, 0.3) is 0 Å². The first-order chi connectivity index (χ1) is 19.7. The molecule has 3 N–H and O–H groups in total. The number of nitrogens with zero attached hydrogens (tertiary/aromatic N) is 4. The van der Waals surface area contributed by atoms with Gasteiger partial charge >= 0.3 is 0 Å².